The van der Waals surface area contributed by atoms with E-state index in [1.54, 1.807) is 18.2 Å². The summed E-state index contributed by atoms with van der Waals surface area (Å²) in [4.78, 5) is 28.5. The topological polar surface area (TPSA) is 59.2 Å². The standard InChI is InChI=1S/C19H12FNO3S2/c20-10-7-5-9(6-8-10)15-14-13(16-17(25-15)21-19(23)26-16)11-3-1-2-4-12(11)24-18(14)22/h1-8,13-15H,(H,21,23)/t13-,14-,15+/m1/s1. The maximum atomic E-state index is 13.4. The number of carbonyl (C=O) groups excluding carboxylic acids is 1. The van der Waals surface area contributed by atoms with E-state index in [4.69, 9.17) is 4.74 Å². The molecule has 3 atom stereocenters. The van der Waals surface area contributed by atoms with Crippen LogP contribution in [0.3, 0.4) is 0 Å². The second-order valence-electron chi connectivity index (χ2n) is 6.26. The van der Waals surface area contributed by atoms with Crippen molar-refractivity contribution in [1.82, 2.24) is 4.98 Å². The molecule has 130 valence electrons. The first kappa shape index (κ1) is 15.8. The van der Waals surface area contributed by atoms with Crippen molar-refractivity contribution in [1.29, 1.82) is 0 Å². The third kappa shape index (κ3) is 2.34. The molecule has 26 heavy (non-hydrogen) atoms. The first-order chi connectivity index (χ1) is 12.6. The molecule has 0 aliphatic carbocycles. The quantitative estimate of drug-likeness (QED) is 0.506. The van der Waals surface area contributed by atoms with E-state index in [0.29, 0.717) is 5.75 Å². The van der Waals surface area contributed by atoms with Crippen LogP contribution >= 0.6 is 23.1 Å². The molecule has 0 radical (unpaired) electrons. The molecule has 2 aliphatic rings. The number of fused-ring (bicyclic) bond motifs is 5. The Kier molecular flexibility index (Phi) is 3.55. The molecule has 2 aromatic carbocycles. The number of ether oxygens (including phenoxy) is 1. The highest BCUT2D eigenvalue weighted by Crippen LogP contribution is 2.58. The molecule has 1 aromatic heterocycles. The third-order valence-electron chi connectivity index (χ3n) is 4.79. The lowest BCUT2D eigenvalue weighted by Crippen LogP contribution is -2.37. The maximum Gasteiger partial charge on any atom is 0.316 e. The average molecular weight is 385 g/mol. The lowest BCUT2D eigenvalue weighted by Gasteiger charge is -2.39. The molecule has 5 rings (SSSR count). The average Bonchev–Trinajstić information content (AvgIpc) is 3.01. The number of benzene rings is 2. The van der Waals surface area contributed by atoms with Crippen molar-refractivity contribution in [3.05, 3.63) is 80.0 Å². The summed E-state index contributed by atoms with van der Waals surface area (Å²) in [5, 5.41) is 0.513. The van der Waals surface area contributed by atoms with Crippen LogP contribution in [0.2, 0.25) is 0 Å². The highest BCUT2D eigenvalue weighted by molar-refractivity contribution is 7.99. The monoisotopic (exact) mass is 385 g/mol. The number of nitrogens with one attached hydrogen (secondary N) is 1. The Morgan fingerprint density at radius 3 is 2.62 bits per heavy atom. The van der Waals surface area contributed by atoms with Crippen molar-refractivity contribution in [3.63, 3.8) is 0 Å². The van der Waals surface area contributed by atoms with Crippen molar-refractivity contribution < 1.29 is 13.9 Å². The number of aromatic amines is 1. The molecule has 0 spiro atoms. The van der Waals surface area contributed by atoms with Gasteiger partial charge in [0.15, 0.2) is 0 Å². The van der Waals surface area contributed by atoms with Crippen LogP contribution in [0.15, 0.2) is 58.4 Å². The van der Waals surface area contributed by atoms with Gasteiger partial charge in [-0.25, -0.2) is 4.39 Å². The van der Waals surface area contributed by atoms with Crippen LogP contribution in [0.5, 0.6) is 5.75 Å². The number of para-hydroxylation sites is 1. The Morgan fingerprint density at radius 2 is 1.81 bits per heavy atom. The number of hydrogen-bond donors (Lipinski definition) is 1. The first-order valence-corrected chi connectivity index (χ1v) is 9.77. The maximum absolute atomic E-state index is 13.4. The number of carbonyl (C=O) groups is 1. The van der Waals surface area contributed by atoms with Crippen LogP contribution in [0.4, 0.5) is 4.39 Å². The van der Waals surface area contributed by atoms with Crippen LogP contribution in [-0.4, -0.2) is 11.0 Å². The van der Waals surface area contributed by atoms with Gasteiger partial charge >= 0.3 is 10.8 Å². The fourth-order valence-electron chi connectivity index (χ4n) is 3.69. The van der Waals surface area contributed by atoms with E-state index < -0.39 is 5.92 Å². The largest absolute Gasteiger partial charge is 0.426 e. The smallest absolute Gasteiger partial charge is 0.316 e. The third-order valence-corrected chi connectivity index (χ3v) is 7.26. The summed E-state index contributed by atoms with van der Waals surface area (Å²) in [6.07, 6.45) is 0. The van der Waals surface area contributed by atoms with E-state index in [1.807, 2.05) is 18.2 Å². The van der Waals surface area contributed by atoms with E-state index in [2.05, 4.69) is 4.98 Å². The number of thioether (sulfide) groups is 1. The predicted octanol–water partition coefficient (Wildman–Crippen LogP) is 4.09. The van der Waals surface area contributed by atoms with E-state index in [-0.39, 0.29) is 27.8 Å². The van der Waals surface area contributed by atoms with Crippen molar-refractivity contribution in [2.45, 2.75) is 16.2 Å². The zero-order valence-corrected chi connectivity index (χ0v) is 14.9. The minimum atomic E-state index is -0.473. The molecule has 0 saturated carbocycles. The first-order valence-electron chi connectivity index (χ1n) is 8.07. The fraction of sp³-hybridized carbons (Fsp3) is 0.158. The normalized spacial score (nSPS) is 23.6. The van der Waals surface area contributed by atoms with Gasteiger partial charge < -0.3 is 9.72 Å². The number of esters is 1. The molecule has 0 fully saturated rings. The second-order valence-corrected chi connectivity index (χ2v) is 8.43. The summed E-state index contributed by atoms with van der Waals surface area (Å²) in [6, 6.07) is 13.6. The summed E-state index contributed by atoms with van der Waals surface area (Å²) in [5.41, 5.74) is 1.74. The van der Waals surface area contributed by atoms with Gasteiger partial charge in [-0.15, -0.1) is 0 Å². The molecule has 0 bridgehead atoms. The van der Waals surface area contributed by atoms with Crippen molar-refractivity contribution in [3.8, 4) is 5.75 Å². The number of hydrogen-bond acceptors (Lipinski definition) is 5. The molecule has 4 nitrogen and oxygen atoms in total. The van der Waals surface area contributed by atoms with Gasteiger partial charge in [0.25, 0.3) is 0 Å². The van der Waals surface area contributed by atoms with Gasteiger partial charge in [-0.05, 0) is 23.8 Å². The highest BCUT2D eigenvalue weighted by atomic mass is 32.2. The fourth-order valence-corrected chi connectivity index (χ4v) is 6.27. The molecular weight excluding hydrogens is 373 g/mol. The molecule has 3 heterocycles. The molecule has 0 unspecified atom stereocenters. The molecule has 7 heteroatoms. The Labute approximate surface area is 156 Å². The van der Waals surface area contributed by atoms with E-state index in [0.717, 1.165) is 32.4 Å². The summed E-state index contributed by atoms with van der Waals surface area (Å²) in [6.45, 7) is 0. The summed E-state index contributed by atoms with van der Waals surface area (Å²) in [7, 11) is 0. The van der Waals surface area contributed by atoms with E-state index in [9.17, 15) is 14.0 Å². The molecule has 1 N–H and O–H groups in total. The van der Waals surface area contributed by atoms with Gasteiger partial charge in [-0.2, -0.15) is 0 Å². The number of aromatic nitrogens is 1. The van der Waals surface area contributed by atoms with Crippen LogP contribution in [0, 0.1) is 11.7 Å². The molecular formula is C19H12FNO3S2. The highest BCUT2D eigenvalue weighted by Gasteiger charge is 2.49. The number of halogens is 1. The summed E-state index contributed by atoms with van der Waals surface area (Å²) in [5.74, 6) is -0.827. The molecule has 0 amide bonds. The van der Waals surface area contributed by atoms with Gasteiger partial charge in [0, 0.05) is 16.4 Å². The van der Waals surface area contributed by atoms with Gasteiger partial charge in [0.05, 0.1) is 16.2 Å². The zero-order valence-electron chi connectivity index (χ0n) is 13.3. The summed E-state index contributed by atoms with van der Waals surface area (Å²) < 4.78 is 18.9. The minimum Gasteiger partial charge on any atom is -0.426 e. The summed E-state index contributed by atoms with van der Waals surface area (Å²) >= 11 is 2.57. The van der Waals surface area contributed by atoms with Gasteiger partial charge in [0.1, 0.15) is 11.6 Å². The van der Waals surface area contributed by atoms with Gasteiger partial charge in [-0.3, -0.25) is 9.59 Å². The number of thiazole rings is 1. The molecule has 3 aromatic rings. The number of H-pyrrole nitrogens is 1. The second kappa shape index (κ2) is 5.82. The minimum absolute atomic E-state index is 0.141. The van der Waals surface area contributed by atoms with Crippen LogP contribution < -0.4 is 9.61 Å². The lowest BCUT2D eigenvalue weighted by molar-refractivity contribution is -0.140. The van der Waals surface area contributed by atoms with Crippen LogP contribution in [-0.2, 0) is 4.79 Å². The van der Waals surface area contributed by atoms with E-state index in [1.165, 1.54) is 23.9 Å². The lowest BCUT2D eigenvalue weighted by atomic mass is 9.78. The van der Waals surface area contributed by atoms with Crippen LogP contribution in [0.25, 0.3) is 0 Å². The SMILES string of the molecule is O=C1Oc2ccccc2[C@H]2c3sc(=O)[nH]c3S[C@@H](c3ccc(F)cc3)[C@H]12. The van der Waals surface area contributed by atoms with Crippen LogP contribution in [0.1, 0.15) is 27.2 Å². The zero-order chi connectivity index (χ0) is 17.8. The molecule has 0 saturated heterocycles. The van der Waals surface area contributed by atoms with Crippen molar-refractivity contribution in [2.24, 2.45) is 5.92 Å². The Bertz CT molecular complexity index is 1070. The molecule has 2 aliphatic heterocycles. The van der Waals surface area contributed by atoms with Crippen molar-refractivity contribution in [2.75, 3.05) is 0 Å². The Hall–Kier alpha value is -2.38. The Balaban J connectivity index is 1.73. The van der Waals surface area contributed by atoms with Crippen molar-refractivity contribution >= 4 is 29.1 Å². The number of rotatable bonds is 1. The Morgan fingerprint density at radius 1 is 1.04 bits per heavy atom. The van der Waals surface area contributed by atoms with E-state index >= 15 is 0 Å². The predicted molar refractivity (Wildman–Crippen MR) is 97.3 cm³/mol. The van der Waals surface area contributed by atoms with Gasteiger partial charge in [-0.1, -0.05) is 53.4 Å². The van der Waals surface area contributed by atoms with Gasteiger partial charge in [0.2, 0.25) is 0 Å².